The highest BCUT2D eigenvalue weighted by Gasteiger charge is 2.30. The van der Waals surface area contributed by atoms with Crippen molar-refractivity contribution in [2.45, 2.75) is 25.3 Å². The van der Waals surface area contributed by atoms with Gasteiger partial charge in [0.05, 0.1) is 17.6 Å². The third kappa shape index (κ3) is 3.10. The number of nitrogens with one attached hydrogen (secondary N) is 1. The highest BCUT2D eigenvalue weighted by Crippen LogP contribution is 2.25. The van der Waals surface area contributed by atoms with Crippen molar-refractivity contribution in [3.05, 3.63) is 35.4 Å². The van der Waals surface area contributed by atoms with Crippen LogP contribution >= 0.6 is 0 Å². The van der Waals surface area contributed by atoms with E-state index in [4.69, 9.17) is 10.4 Å². The fourth-order valence-corrected chi connectivity index (χ4v) is 2.34. The van der Waals surface area contributed by atoms with Gasteiger partial charge in [-0.2, -0.15) is 5.26 Å². The van der Waals surface area contributed by atoms with Gasteiger partial charge in [-0.1, -0.05) is 6.07 Å². The van der Waals surface area contributed by atoms with Gasteiger partial charge in [0.2, 0.25) is 0 Å². The molecule has 19 heavy (non-hydrogen) atoms. The fraction of sp³-hybridized carbons (Fsp3) is 0.357. The van der Waals surface area contributed by atoms with E-state index in [1.807, 2.05) is 6.07 Å². The number of carbonyl (C=O) groups is 2. The lowest BCUT2D eigenvalue weighted by molar-refractivity contribution is -0.141. The molecule has 5 nitrogen and oxygen atoms in total. The number of benzene rings is 1. The van der Waals surface area contributed by atoms with E-state index in [1.165, 1.54) is 6.07 Å². The molecule has 0 saturated heterocycles. The molecule has 0 aliphatic heterocycles. The average Bonchev–Trinajstić information content (AvgIpc) is 2.87. The van der Waals surface area contributed by atoms with Gasteiger partial charge in [0.25, 0.3) is 5.91 Å². The van der Waals surface area contributed by atoms with Crippen LogP contribution in [0.5, 0.6) is 0 Å². The highest BCUT2D eigenvalue weighted by molar-refractivity contribution is 5.94. The molecule has 2 atom stereocenters. The van der Waals surface area contributed by atoms with Crippen LogP contribution in [0, 0.1) is 17.2 Å². The summed E-state index contributed by atoms with van der Waals surface area (Å²) >= 11 is 0. The molecule has 98 valence electrons. The Kier molecular flexibility index (Phi) is 3.81. The van der Waals surface area contributed by atoms with Crippen molar-refractivity contribution >= 4 is 11.9 Å². The molecule has 1 aromatic carbocycles. The Labute approximate surface area is 110 Å². The summed E-state index contributed by atoms with van der Waals surface area (Å²) in [5, 5.41) is 20.5. The normalized spacial score (nSPS) is 21.6. The quantitative estimate of drug-likeness (QED) is 0.860. The Hall–Kier alpha value is -2.35. The molecule has 0 spiro atoms. The zero-order valence-corrected chi connectivity index (χ0v) is 10.3. The molecule has 1 fully saturated rings. The summed E-state index contributed by atoms with van der Waals surface area (Å²) in [5.41, 5.74) is 0.861. The van der Waals surface area contributed by atoms with E-state index in [0.29, 0.717) is 30.4 Å². The van der Waals surface area contributed by atoms with Crippen molar-refractivity contribution < 1.29 is 14.7 Å². The molecule has 1 aromatic rings. The number of nitrogens with zero attached hydrogens (tertiary/aromatic N) is 1. The van der Waals surface area contributed by atoms with Crippen molar-refractivity contribution in [2.24, 2.45) is 5.92 Å². The molecule has 0 aromatic heterocycles. The van der Waals surface area contributed by atoms with E-state index < -0.39 is 5.97 Å². The number of hydrogen-bond acceptors (Lipinski definition) is 3. The molecule has 2 N–H and O–H groups in total. The Morgan fingerprint density at radius 1 is 1.37 bits per heavy atom. The van der Waals surface area contributed by atoms with Crippen molar-refractivity contribution in [2.75, 3.05) is 0 Å². The maximum Gasteiger partial charge on any atom is 0.306 e. The Bertz CT molecular complexity index is 548. The van der Waals surface area contributed by atoms with Crippen LogP contribution in [0.25, 0.3) is 0 Å². The van der Waals surface area contributed by atoms with E-state index in [2.05, 4.69) is 5.32 Å². The van der Waals surface area contributed by atoms with Gasteiger partial charge < -0.3 is 10.4 Å². The maximum atomic E-state index is 12.0. The van der Waals surface area contributed by atoms with Gasteiger partial charge >= 0.3 is 5.97 Å². The molecule has 5 heteroatoms. The maximum absolute atomic E-state index is 12.0. The molecule has 1 aliphatic carbocycles. The van der Waals surface area contributed by atoms with Gasteiger partial charge in [-0.25, -0.2) is 0 Å². The summed E-state index contributed by atoms with van der Waals surface area (Å²) in [6, 6.07) is 8.33. The lowest BCUT2D eigenvalue weighted by Gasteiger charge is -2.12. The topological polar surface area (TPSA) is 90.2 Å². The predicted molar refractivity (Wildman–Crippen MR) is 67.4 cm³/mol. The van der Waals surface area contributed by atoms with Crippen molar-refractivity contribution in [3.8, 4) is 6.07 Å². The van der Waals surface area contributed by atoms with E-state index >= 15 is 0 Å². The lowest BCUT2D eigenvalue weighted by atomic mass is 10.1. The number of hydrogen-bond donors (Lipinski definition) is 2. The molecule has 0 unspecified atom stereocenters. The molecule has 1 aliphatic rings. The van der Waals surface area contributed by atoms with Crippen LogP contribution in [0.2, 0.25) is 0 Å². The Morgan fingerprint density at radius 2 is 2.16 bits per heavy atom. The van der Waals surface area contributed by atoms with Crippen LogP contribution in [0.3, 0.4) is 0 Å². The van der Waals surface area contributed by atoms with Crippen LogP contribution in [-0.4, -0.2) is 23.0 Å². The first-order chi connectivity index (χ1) is 9.10. The number of carboxylic acids is 1. The van der Waals surface area contributed by atoms with Gasteiger partial charge in [-0.15, -0.1) is 0 Å². The summed E-state index contributed by atoms with van der Waals surface area (Å²) in [6.45, 7) is 0. The van der Waals surface area contributed by atoms with Gasteiger partial charge in [-0.3, -0.25) is 9.59 Å². The van der Waals surface area contributed by atoms with Gasteiger partial charge in [-0.05, 0) is 37.5 Å². The summed E-state index contributed by atoms with van der Waals surface area (Å²) in [5.74, 6) is -1.42. The number of rotatable bonds is 3. The minimum absolute atomic E-state index is 0.0978. The first-order valence-electron chi connectivity index (χ1n) is 6.14. The smallest absolute Gasteiger partial charge is 0.306 e. The van der Waals surface area contributed by atoms with Crippen LogP contribution in [0.15, 0.2) is 24.3 Å². The number of carbonyl (C=O) groups excluding carboxylic acids is 1. The minimum atomic E-state index is -0.803. The first-order valence-corrected chi connectivity index (χ1v) is 6.14. The monoisotopic (exact) mass is 258 g/mol. The second-order valence-corrected chi connectivity index (χ2v) is 4.71. The van der Waals surface area contributed by atoms with Crippen molar-refractivity contribution in [3.63, 3.8) is 0 Å². The second kappa shape index (κ2) is 5.53. The third-order valence-electron chi connectivity index (χ3n) is 3.37. The summed E-state index contributed by atoms with van der Waals surface area (Å²) < 4.78 is 0. The SMILES string of the molecule is N#Cc1cccc(C(=O)N[C@H]2CC[C@@H](C(=O)O)C2)c1. The molecular weight excluding hydrogens is 244 g/mol. The van der Waals surface area contributed by atoms with Crippen molar-refractivity contribution in [1.82, 2.24) is 5.32 Å². The number of carboxylic acid groups (broad SMARTS) is 1. The van der Waals surface area contributed by atoms with Crippen LogP contribution in [0.4, 0.5) is 0 Å². The number of aliphatic carboxylic acids is 1. The summed E-state index contributed by atoms with van der Waals surface area (Å²) in [7, 11) is 0. The standard InChI is InChI=1S/C14H14N2O3/c15-8-9-2-1-3-10(6-9)13(17)16-12-5-4-11(7-12)14(18)19/h1-3,6,11-12H,4-5,7H2,(H,16,17)(H,18,19)/t11-,12+/m1/s1. The van der Waals surface area contributed by atoms with Gasteiger partial charge in [0.1, 0.15) is 0 Å². The molecule has 1 saturated carbocycles. The number of amides is 1. The molecule has 1 amide bonds. The average molecular weight is 258 g/mol. The molecule has 0 bridgehead atoms. The Balaban J connectivity index is 1.98. The van der Waals surface area contributed by atoms with Gasteiger partial charge in [0, 0.05) is 11.6 Å². The zero-order valence-electron chi connectivity index (χ0n) is 10.3. The van der Waals surface area contributed by atoms with Crippen LogP contribution < -0.4 is 5.32 Å². The van der Waals surface area contributed by atoms with E-state index in [9.17, 15) is 9.59 Å². The summed E-state index contributed by atoms with van der Waals surface area (Å²) in [4.78, 5) is 22.8. The van der Waals surface area contributed by atoms with Crippen molar-refractivity contribution in [1.29, 1.82) is 5.26 Å². The van der Waals surface area contributed by atoms with Crippen LogP contribution in [0.1, 0.15) is 35.2 Å². The second-order valence-electron chi connectivity index (χ2n) is 4.71. The first kappa shape index (κ1) is 13.1. The fourth-order valence-electron chi connectivity index (χ4n) is 2.34. The van der Waals surface area contributed by atoms with E-state index in [0.717, 1.165) is 0 Å². The highest BCUT2D eigenvalue weighted by atomic mass is 16.4. The Morgan fingerprint density at radius 3 is 2.79 bits per heavy atom. The number of nitriles is 1. The summed E-state index contributed by atoms with van der Waals surface area (Å²) in [6.07, 6.45) is 1.75. The predicted octanol–water partition coefficient (Wildman–Crippen LogP) is 1.54. The minimum Gasteiger partial charge on any atom is -0.481 e. The lowest BCUT2D eigenvalue weighted by Crippen LogP contribution is -2.33. The largest absolute Gasteiger partial charge is 0.481 e. The van der Waals surface area contributed by atoms with Crippen LogP contribution in [-0.2, 0) is 4.79 Å². The van der Waals surface area contributed by atoms with E-state index in [1.54, 1.807) is 18.2 Å². The van der Waals surface area contributed by atoms with Gasteiger partial charge in [0.15, 0.2) is 0 Å². The molecule has 2 rings (SSSR count). The zero-order chi connectivity index (χ0) is 13.8. The molecule has 0 radical (unpaired) electrons. The van der Waals surface area contributed by atoms with E-state index in [-0.39, 0.29) is 17.9 Å². The third-order valence-corrected chi connectivity index (χ3v) is 3.37. The molecular formula is C14H14N2O3. The molecule has 0 heterocycles.